The maximum Gasteiger partial charge on any atom is 0.214 e. The second-order valence-electron chi connectivity index (χ2n) is 5.24. The molecule has 0 aliphatic rings. The maximum absolute atomic E-state index is 5.93. The highest BCUT2D eigenvalue weighted by Crippen LogP contribution is 2.21. The molecule has 1 aromatic heterocycles. The minimum Gasteiger partial charge on any atom is -0.470 e. The number of benzene rings is 1. The van der Waals surface area contributed by atoms with Gasteiger partial charge in [0.2, 0.25) is 5.88 Å². The molecule has 0 saturated carbocycles. The molecule has 2 aromatic rings. The quantitative estimate of drug-likeness (QED) is 0.779. The van der Waals surface area contributed by atoms with E-state index in [0.717, 1.165) is 30.8 Å². The average molecular weight is 284 g/mol. The van der Waals surface area contributed by atoms with Gasteiger partial charge in [0.1, 0.15) is 6.10 Å². The minimum atomic E-state index is 0.00201. The van der Waals surface area contributed by atoms with Crippen molar-refractivity contribution in [2.45, 2.75) is 39.8 Å². The predicted octanol–water partition coefficient (Wildman–Crippen LogP) is 4.03. The van der Waals surface area contributed by atoms with Gasteiger partial charge in [-0.1, -0.05) is 43.3 Å². The molecule has 0 fully saturated rings. The van der Waals surface area contributed by atoms with Gasteiger partial charge in [0.15, 0.2) is 0 Å². The van der Waals surface area contributed by atoms with Crippen LogP contribution < -0.4 is 10.1 Å². The third kappa shape index (κ3) is 4.57. The van der Waals surface area contributed by atoms with Crippen LogP contribution in [0, 0.1) is 6.92 Å². The second-order valence-corrected chi connectivity index (χ2v) is 5.24. The van der Waals surface area contributed by atoms with Crippen molar-refractivity contribution in [3.05, 3.63) is 59.3 Å². The number of ether oxygens (including phenoxy) is 1. The van der Waals surface area contributed by atoms with Gasteiger partial charge in [0.05, 0.1) is 0 Å². The van der Waals surface area contributed by atoms with E-state index >= 15 is 0 Å². The molecule has 0 bridgehead atoms. The molecule has 0 radical (unpaired) electrons. The van der Waals surface area contributed by atoms with Crippen LogP contribution in [-0.2, 0) is 6.54 Å². The van der Waals surface area contributed by atoms with E-state index in [2.05, 4.69) is 35.4 Å². The van der Waals surface area contributed by atoms with Crippen LogP contribution in [0.5, 0.6) is 5.88 Å². The molecule has 1 atom stereocenters. The topological polar surface area (TPSA) is 34.1 Å². The van der Waals surface area contributed by atoms with Crippen LogP contribution in [0.3, 0.4) is 0 Å². The molecule has 3 heteroatoms. The van der Waals surface area contributed by atoms with Gasteiger partial charge < -0.3 is 10.1 Å². The van der Waals surface area contributed by atoms with Crippen LogP contribution in [0.2, 0.25) is 0 Å². The van der Waals surface area contributed by atoms with Crippen molar-refractivity contribution in [2.75, 3.05) is 6.54 Å². The molecule has 3 nitrogen and oxygen atoms in total. The smallest absolute Gasteiger partial charge is 0.214 e. The lowest BCUT2D eigenvalue weighted by Gasteiger charge is -2.15. The van der Waals surface area contributed by atoms with Crippen molar-refractivity contribution in [2.24, 2.45) is 0 Å². The SMILES string of the molecule is CCCNCc1ccc(OC(C)c2ccccc2)nc1C. The zero-order valence-electron chi connectivity index (χ0n) is 13.1. The van der Waals surface area contributed by atoms with Gasteiger partial charge in [-0.05, 0) is 37.9 Å². The molecule has 1 heterocycles. The van der Waals surface area contributed by atoms with Crippen LogP contribution in [-0.4, -0.2) is 11.5 Å². The van der Waals surface area contributed by atoms with Gasteiger partial charge in [0.25, 0.3) is 0 Å². The molecule has 1 aromatic carbocycles. The van der Waals surface area contributed by atoms with E-state index in [0.29, 0.717) is 5.88 Å². The Morgan fingerprint density at radius 3 is 2.57 bits per heavy atom. The molecule has 0 spiro atoms. The van der Waals surface area contributed by atoms with Crippen molar-refractivity contribution < 1.29 is 4.74 Å². The average Bonchev–Trinajstić information content (AvgIpc) is 2.50. The summed E-state index contributed by atoms with van der Waals surface area (Å²) in [6, 6.07) is 14.2. The Kier molecular flexibility index (Phi) is 5.76. The number of nitrogens with one attached hydrogen (secondary N) is 1. The molecular formula is C18H24N2O. The molecular weight excluding hydrogens is 260 g/mol. The Morgan fingerprint density at radius 1 is 1.14 bits per heavy atom. The molecule has 112 valence electrons. The highest BCUT2D eigenvalue weighted by atomic mass is 16.5. The Morgan fingerprint density at radius 2 is 1.90 bits per heavy atom. The summed E-state index contributed by atoms with van der Waals surface area (Å²) >= 11 is 0. The monoisotopic (exact) mass is 284 g/mol. The molecule has 0 aliphatic carbocycles. The van der Waals surface area contributed by atoms with E-state index < -0.39 is 0 Å². The van der Waals surface area contributed by atoms with Crippen LogP contribution >= 0.6 is 0 Å². The van der Waals surface area contributed by atoms with E-state index in [4.69, 9.17) is 4.74 Å². The molecule has 0 saturated heterocycles. The first kappa shape index (κ1) is 15.5. The van der Waals surface area contributed by atoms with Crippen LogP contribution in [0.15, 0.2) is 42.5 Å². The largest absolute Gasteiger partial charge is 0.470 e. The number of pyridine rings is 1. The van der Waals surface area contributed by atoms with Crippen LogP contribution in [0.25, 0.3) is 0 Å². The summed E-state index contributed by atoms with van der Waals surface area (Å²) in [7, 11) is 0. The summed E-state index contributed by atoms with van der Waals surface area (Å²) < 4.78 is 5.93. The number of rotatable bonds is 7. The van der Waals surface area contributed by atoms with Crippen molar-refractivity contribution in [1.29, 1.82) is 0 Å². The highest BCUT2D eigenvalue weighted by molar-refractivity contribution is 5.26. The molecule has 1 N–H and O–H groups in total. The Hall–Kier alpha value is -1.87. The van der Waals surface area contributed by atoms with E-state index in [1.807, 2.05) is 38.1 Å². The summed E-state index contributed by atoms with van der Waals surface area (Å²) in [6.07, 6.45) is 1.14. The maximum atomic E-state index is 5.93. The van der Waals surface area contributed by atoms with Crippen molar-refractivity contribution in [1.82, 2.24) is 10.3 Å². The molecule has 0 amide bonds. The van der Waals surface area contributed by atoms with Crippen molar-refractivity contribution >= 4 is 0 Å². The fourth-order valence-corrected chi connectivity index (χ4v) is 2.19. The Balaban J connectivity index is 2.00. The molecule has 1 unspecified atom stereocenters. The first-order valence-electron chi connectivity index (χ1n) is 7.59. The standard InChI is InChI=1S/C18H24N2O/c1-4-12-19-13-17-10-11-18(20-14(17)2)21-15(3)16-8-6-5-7-9-16/h5-11,15,19H,4,12-13H2,1-3H3. The van der Waals surface area contributed by atoms with Gasteiger partial charge in [-0.25, -0.2) is 4.98 Å². The predicted molar refractivity (Wildman–Crippen MR) is 86.5 cm³/mol. The van der Waals surface area contributed by atoms with Gasteiger partial charge in [-0.15, -0.1) is 0 Å². The number of aryl methyl sites for hydroxylation is 1. The van der Waals surface area contributed by atoms with E-state index in [9.17, 15) is 0 Å². The van der Waals surface area contributed by atoms with Crippen molar-refractivity contribution in [3.63, 3.8) is 0 Å². The fraction of sp³-hybridized carbons (Fsp3) is 0.389. The van der Waals surface area contributed by atoms with Gasteiger partial charge in [-0.3, -0.25) is 0 Å². The van der Waals surface area contributed by atoms with Crippen LogP contribution in [0.4, 0.5) is 0 Å². The van der Waals surface area contributed by atoms with E-state index in [1.165, 1.54) is 5.56 Å². The first-order chi connectivity index (χ1) is 10.2. The molecule has 0 aliphatic heterocycles. The number of aromatic nitrogens is 1. The first-order valence-corrected chi connectivity index (χ1v) is 7.59. The van der Waals surface area contributed by atoms with Gasteiger partial charge in [0, 0.05) is 18.3 Å². The normalized spacial score (nSPS) is 12.1. The lowest BCUT2D eigenvalue weighted by atomic mass is 10.1. The van der Waals surface area contributed by atoms with Gasteiger partial charge in [-0.2, -0.15) is 0 Å². The second kappa shape index (κ2) is 7.79. The summed E-state index contributed by atoms with van der Waals surface area (Å²) in [4.78, 5) is 4.56. The molecule has 2 rings (SSSR count). The third-order valence-electron chi connectivity index (χ3n) is 3.48. The lowest BCUT2D eigenvalue weighted by Crippen LogP contribution is -2.15. The minimum absolute atomic E-state index is 0.00201. The number of hydrogen-bond donors (Lipinski definition) is 1. The summed E-state index contributed by atoms with van der Waals surface area (Å²) in [5.74, 6) is 0.683. The Labute approximate surface area is 127 Å². The molecule has 21 heavy (non-hydrogen) atoms. The summed E-state index contributed by atoms with van der Waals surface area (Å²) in [6.45, 7) is 8.13. The highest BCUT2D eigenvalue weighted by Gasteiger charge is 2.09. The van der Waals surface area contributed by atoms with Crippen LogP contribution in [0.1, 0.15) is 43.2 Å². The zero-order valence-corrected chi connectivity index (χ0v) is 13.1. The third-order valence-corrected chi connectivity index (χ3v) is 3.48. The number of nitrogens with zero attached hydrogens (tertiary/aromatic N) is 1. The summed E-state index contributed by atoms with van der Waals surface area (Å²) in [5, 5.41) is 3.40. The zero-order chi connectivity index (χ0) is 15.1. The van der Waals surface area contributed by atoms with Crippen molar-refractivity contribution in [3.8, 4) is 5.88 Å². The summed E-state index contributed by atoms with van der Waals surface area (Å²) in [5.41, 5.74) is 3.41. The van der Waals surface area contributed by atoms with E-state index in [-0.39, 0.29) is 6.10 Å². The Bertz CT molecular complexity index is 554. The van der Waals surface area contributed by atoms with Gasteiger partial charge >= 0.3 is 0 Å². The number of hydrogen-bond acceptors (Lipinski definition) is 3. The van der Waals surface area contributed by atoms with E-state index in [1.54, 1.807) is 0 Å². The lowest BCUT2D eigenvalue weighted by molar-refractivity contribution is 0.217. The fourth-order valence-electron chi connectivity index (χ4n) is 2.19.